The fraction of sp³-hybridized carbons (Fsp3) is 0.394. The molecule has 39 heavy (non-hydrogen) atoms. The summed E-state index contributed by atoms with van der Waals surface area (Å²) in [6, 6.07) is 17.3. The van der Waals surface area contributed by atoms with Gasteiger partial charge in [0.15, 0.2) is 0 Å². The largest absolute Gasteiger partial charge is 0.396 e. The molecule has 3 aromatic carbocycles. The molecule has 0 unspecified atom stereocenters. The number of nitrogens with two attached hydrogens (primary N) is 1. The van der Waals surface area contributed by atoms with Gasteiger partial charge >= 0.3 is 0 Å². The predicted molar refractivity (Wildman–Crippen MR) is 162 cm³/mol. The van der Waals surface area contributed by atoms with Crippen molar-refractivity contribution in [1.29, 1.82) is 0 Å². The molecule has 5 N–H and O–H groups in total. The Morgan fingerprint density at radius 3 is 2.49 bits per heavy atom. The number of nitrogens with one attached hydrogen (secondary N) is 3. The number of imidazole rings is 1. The topological polar surface area (TPSA) is 91.1 Å². The zero-order chi connectivity index (χ0) is 26.5. The van der Waals surface area contributed by atoms with Crippen LogP contribution < -0.4 is 16.4 Å². The van der Waals surface area contributed by atoms with Gasteiger partial charge in [0.25, 0.3) is 0 Å². The third-order valence-electron chi connectivity index (χ3n) is 9.03. The van der Waals surface area contributed by atoms with Crippen LogP contribution in [0.5, 0.6) is 0 Å². The second-order valence-electron chi connectivity index (χ2n) is 11.8. The molecule has 4 aromatic rings. The van der Waals surface area contributed by atoms with Crippen LogP contribution in [0.4, 0.5) is 11.4 Å². The van der Waals surface area contributed by atoms with Gasteiger partial charge in [-0.3, -0.25) is 4.99 Å². The molecule has 2 aliphatic heterocycles. The normalized spacial score (nSPS) is 24.8. The van der Waals surface area contributed by atoms with E-state index in [1.165, 1.54) is 47.1 Å². The fourth-order valence-electron chi connectivity index (χ4n) is 6.89. The summed E-state index contributed by atoms with van der Waals surface area (Å²) < 4.78 is 0. The van der Waals surface area contributed by atoms with Crippen LogP contribution in [-0.4, -0.2) is 34.3 Å². The van der Waals surface area contributed by atoms with E-state index in [1.54, 1.807) is 0 Å². The molecule has 3 heterocycles. The first kappa shape index (κ1) is 24.6. The highest BCUT2D eigenvalue weighted by molar-refractivity contribution is 6.01. The number of fused-ring (bicyclic) bond motifs is 2. The summed E-state index contributed by atoms with van der Waals surface area (Å²) in [6.07, 6.45) is 12.1. The van der Waals surface area contributed by atoms with Crippen LogP contribution in [-0.2, 0) is 12.8 Å². The summed E-state index contributed by atoms with van der Waals surface area (Å²) in [7, 11) is 0. The van der Waals surface area contributed by atoms with Crippen molar-refractivity contribution in [1.82, 2.24) is 20.6 Å². The number of aromatic amines is 1. The van der Waals surface area contributed by atoms with Gasteiger partial charge in [-0.05, 0) is 98.6 Å². The van der Waals surface area contributed by atoms with Gasteiger partial charge in [0.05, 0.1) is 29.3 Å². The number of aliphatic imine (C=N–C) groups is 1. The molecular weight excluding hydrogens is 480 g/mol. The van der Waals surface area contributed by atoms with Crippen LogP contribution >= 0.6 is 0 Å². The van der Waals surface area contributed by atoms with Gasteiger partial charge < -0.3 is 21.4 Å². The van der Waals surface area contributed by atoms with Crippen LogP contribution in [0.15, 0.2) is 53.7 Å². The van der Waals surface area contributed by atoms with Crippen molar-refractivity contribution in [2.45, 2.75) is 83.0 Å². The standard InChI is InChI=1S/C33H38N6/c1-19-6-10-23(37-19)17-35-29-15-9-22-16-21(8-11-25(22)32(29)34)24-12-13-28(27-5-3-4-26(24)27)31-18-36-33(39-31)30-14-7-20(2)38-30/h8-9,11-13,15-20,23,30,37-38H,3-7,10,14,34H2,1-2H3,(H,36,39)/b35-17+/t19-,20-,23-,30-/m0/s1. The van der Waals surface area contributed by atoms with E-state index in [2.05, 4.69) is 71.9 Å². The molecule has 200 valence electrons. The molecular formula is C33H38N6. The first-order valence-electron chi connectivity index (χ1n) is 14.6. The highest BCUT2D eigenvalue weighted by atomic mass is 15.1. The lowest BCUT2D eigenvalue weighted by atomic mass is 9.91. The van der Waals surface area contributed by atoms with Crippen molar-refractivity contribution >= 4 is 28.4 Å². The Bertz CT molecular complexity index is 1570. The number of rotatable bonds is 5. The van der Waals surface area contributed by atoms with E-state index in [1.807, 2.05) is 12.4 Å². The smallest absolute Gasteiger partial charge is 0.123 e. The van der Waals surface area contributed by atoms with Gasteiger partial charge in [0, 0.05) is 35.3 Å². The summed E-state index contributed by atoms with van der Waals surface area (Å²) in [5.74, 6) is 1.06. The van der Waals surface area contributed by atoms with Crippen molar-refractivity contribution < 1.29 is 0 Å². The minimum atomic E-state index is 0.332. The lowest BCUT2D eigenvalue weighted by Gasteiger charge is -2.14. The Morgan fingerprint density at radius 2 is 1.69 bits per heavy atom. The number of nitrogens with zero attached hydrogens (tertiary/aromatic N) is 2. The maximum Gasteiger partial charge on any atom is 0.123 e. The van der Waals surface area contributed by atoms with E-state index in [-0.39, 0.29) is 0 Å². The third-order valence-corrected chi connectivity index (χ3v) is 9.03. The summed E-state index contributed by atoms with van der Waals surface area (Å²) in [6.45, 7) is 4.47. The molecule has 0 saturated carbocycles. The number of H-pyrrole nitrogens is 1. The van der Waals surface area contributed by atoms with E-state index in [0.29, 0.717) is 24.2 Å². The van der Waals surface area contributed by atoms with E-state index >= 15 is 0 Å². The monoisotopic (exact) mass is 518 g/mol. The molecule has 1 aliphatic carbocycles. The Morgan fingerprint density at radius 1 is 0.897 bits per heavy atom. The van der Waals surface area contributed by atoms with Crippen molar-refractivity contribution in [3.8, 4) is 22.4 Å². The van der Waals surface area contributed by atoms with Gasteiger partial charge in [-0.25, -0.2) is 4.98 Å². The van der Waals surface area contributed by atoms with Crippen molar-refractivity contribution in [2.24, 2.45) is 4.99 Å². The first-order valence-corrected chi connectivity index (χ1v) is 14.6. The zero-order valence-corrected chi connectivity index (χ0v) is 22.9. The Kier molecular flexibility index (Phi) is 6.25. The number of anilines is 1. The molecule has 0 spiro atoms. The van der Waals surface area contributed by atoms with Gasteiger partial charge in [0.2, 0.25) is 0 Å². The minimum absolute atomic E-state index is 0.332. The number of nitrogen functional groups attached to an aromatic ring is 1. The maximum atomic E-state index is 6.60. The van der Waals surface area contributed by atoms with Gasteiger partial charge in [-0.15, -0.1) is 0 Å². The molecule has 0 amide bonds. The fourth-order valence-corrected chi connectivity index (χ4v) is 6.89. The van der Waals surface area contributed by atoms with Crippen LogP contribution in [0.2, 0.25) is 0 Å². The Hall–Kier alpha value is -3.48. The predicted octanol–water partition coefficient (Wildman–Crippen LogP) is 6.62. The number of hydrogen-bond donors (Lipinski definition) is 4. The van der Waals surface area contributed by atoms with Crippen molar-refractivity contribution in [3.05, 3.63) is 65.6 Å². The summed E-state index contributed by atoms with van der Waals surface area (Å²) in [5, 5.41) is 9.43. The molecule has 2 saturated heterocycles. The van der Waals surface area contributed by atoms with Crippen LogP contribution in [0.3, 0.4) is 0 Å². The van der Waals surface area contributed by atoms with Crippen LogP contribution in [0, 0.1) is 0 Å². The van der Waals surface area contributed by atoms with E-state index in [9.17, 15) is 0 Å². The quantitative estimate of drug-likeness (QED) is 0.176. The summed E-state index contributed by atoms with van der Waals surface area (Å²) >= 11 is 0. The average Bonchev–Trinajstić information content (AvgIpc) is 3.75. The summed E-state index contributed by atoms with van der Waals surface area (Å²) in [4.78, 5) is 13.1. The van der Waals surface area contributed by atoms with E-state index < -0.39 is 0 Å². The van der Waals surface area contributed by atoms with E-state index in [4.69, 9.17) is 15.7 Å². The highest BCUT2D eigenvalue weighted by Crippen LogP contribution is 2.40. The SMILES string of the molecule is C[C@H]1CC[C@@H](/C=N/c2ccc3cc(-c4ccc(-c5cnc([C@@H]6CC[C@H](C)N6)[nH]5)c5c4CCC5)ccc3c2N)N1. The molecule has 3 aliphatic rings. The highest BCUT2D eigenvalue weighted by Gasteiger charge is 2.26. The average molecular weight is 519 g/mol. The molecule has 1 aromatic heterocycles. The number of benzene rings is 3. The minimum Gasteiger partial charge on any atom is -0.396 e. The lowest BCUT2D eigenvalue weighted by Crippen LogP contribution is -2.27. The van der Waals surface area contributed by atoms with E-state index in [0.717, 1.165) is 59.3 Å². The van der Waals surface area contributed by atoms with Crippen LogP contribution in [0.25, 0.3) is 33.2 Å². The van der Waals surface area contributed by atoms with Crippen molar-refractivity contribution in [3.63, 3.8) is 0 Å². The summed E-state index contributed by atoms with van der Waals surface area (Å²) in [5.41, 5.74) is 16.2. The first-order chi connectivity index (χ1) is 19.0. The molecule has 2 fully saturated rings. The zero-order valence-electron chi connectivity index (χ0n) is 22.9. The Balaban J connectivity index is 1.19. The molecule has 0 bridgehead atoms. The molecule has 0 radical (unpaired) electrons. The third kappa shape index (κ3) is 4.56. The van der Waals surface area contributed by atoms with Crippen LogP contribution in [0.1, 0.15) is 68.9 Å². The number of aromatic nitrogens is 2. The van der Waals surface area contributed by atoms with Crippen molar-refractivity contribution in [2.75, 3.05) is 5.73 Å². The second kappa shape index (κ2) is 9.92. The second-order valence-corrected chi connectivity index (χ2v) is 11.8. The molecule has 4 atom stereocenters. The maximum absolute atomic E-state index is 6.60. The molecule has 6 heteroatoms. The van der Waals surface area contributed by atoms with Gasteiger partial charge in [0.1, 0.15) is 5.82 Å². The van der Waals surface area contributed by atoms with Gasteiger partial charge in [-0.1, -0.05) is 30.3 Å². The Labute approximate surface area is 230 Å². The van der Waals surface area contributed by atoms with Gasteiger partial charge in [-0.2, -0.15) is 0 Å². The number of hydrogen-bond acceptors (Lipinski definition) is 5. The molecule has 7 rings (SSSR count). The molecule has 6 nitrogen and oxygen atoms in total. The lowest BCUT2D eigenvalue weighted by molar-refractivity contribution is 0.564.